The van der Waals surface area contributed by atoms with Gasteiger partial charge in [0.05, 0.1) is 18.4 Å². The van der Waals surface area contributed by atoms with Crippen molar-refractivity contribution in [2.45, 2.75) is 32.5 Å². The van der Waals surface area contributed by atoms with Gasteiger partial charge in [-0.2, -0.15) is 18.4 Å². The number of hydrogen-bond acceptors (Lipinski definition) is 7. The van der Waals surface area contributed by atoms with Gasteiger partial charge in [0.1, 0.15) is 23.2 Å². The predicted molar refractivity (Wildman–Crippen MR) is 114 cm³/mol. The van der Waals surface area contributed by atoms with Crippen molar-refractivity contribution in [1.82, 2.24) is 14.9 Å². The molecule has 3 rings (SSSR count). The maximum atomic E-state index is 13.4. The van der Waals surface area contributed by atoms with E-state index in [9.17, 15) is 23.2 Å². The molecule has 1 amide bonds. The number of benzene rings is 1. The zero-order valence-corrected chi connectivity index (χ0v) is 18.7. The van der Waals surface area contributed by atoms with Crippen molar-refractivity contribution in [2.75, 3.05) is 38.2 Å². The quantitative estimate of drug-likeness (QED) is 0.677. The van der Waals surface area contributed by atoms with Crippen LogP contribution in [0.15, 0.2) is 24.3 Å². The number of anilines is 1. The number of aromatic nitrogens is 2. The third-order valence-corrected chi connectivity index (χ3v) is 4.87. The average Bonchev–Trinajstić information content (AvgIpc) is 2.76. The summed E-state index contributed by atoms with van der Waals surface area (Å²) in [6.07, 6.45) is -5.03. The first-order valence-corrected chi connectivity index (χ1v) is 10.2. The van der Waals surface area contributed by atoms with Crippen LogP contribution in [0.4, 0.5) is 23.8 Å². The molecule has 0 N–H and O–H groups in total. The minimum absolute atomic E-state index is 0.165. The second kappa shape index (κ2) is 9.13. The highest BCUT2D eigenvalue weighted by Gasteiger charge is 2.35. The molecule has 0 spiro atoms. The van der Waals surface area contributed by atoms with Crippen molar-refractivity contribution < 1.29 is 27.4 Å². The smallest absolute Gasteiger partial charge is 0.419 e. The molecule has 0 radical (unpaired) electrons. The SMILES string of the molecule is COc1ccc(-c2cc(N3CCN(C(=O)OC(C)(C)C)CC3)nc(C#N)n2)cc1C(F)(F)F. The summed E-state index contributed by atoms with van der Waals surface area (Å²) in [4.78, 5) is 24.0. The number of ether oxygens (including phenoxy) is 2. The highest BCUT2D eigenvalue weighted by Crippen LogP contribution is 2.38. The summed E-state index contributed by atoms with van der Waals surface area (Å²) in [5, 5.41) is 9.36. The summed E-state index contributed by atoms with van der Waals surface area (Å²) < 4.78 is 50.5. The molecule has 0 aliphatic carbocycles. The highest BCUT2D eigenvalue weighted by atomic mass is 19.4. The van der Waals surface area contributed by atoms with E-state index in [2.05, 4.69) is 9.97 Å². The van der Waals surface area contributed by atoms with Crippen LogP contribution in [0.3, 0.4) is 0 Å². The molecular weight excluding hydrogens is 439 g/mol. The summed E-state index contributed by atoms with van der Waals surface area (Å²) in [6, 6.07) is 6.99. The summed E-state index contributed by atoms with van der Waals surface area (Å²) in [5.41, 5.74) is -1.19. The van der Waals surface area contributed by atoms with Crippen LogP contribution >= 0.6 is 0 Å². The molecule has 0 atom stereocenters. The van der Waals surface area contributed by atoms with Gasteiger partial charge in [-0.1, -0.05) is 0 Å². The van der Waals surface area contributed by atoms with Crippen molar-refractivity contribution in [3.63, 3.8) is 0 Å². The van der Waals surface area contributed by atoms with Crippen LogP contribution in [0.2, 0.25) is 0 Å². The maximum Gasteiger partial charge on any atom is 0.419 e. The maximum absolute atomic E-state index is 13.4. The van der Waals surface area contributed by atoms with Gasteiger partial charge in [-0.3, -0.25) is 0 Å². The van der Waals surface area contributed by atoms with Gasteiger partial charge >= 0.3 is 12.3 Å². The van der Waals surface area contributed by atoms with Gasteiger partial charge in [0, 0.05) is 37.8 Å². The molecule has 1 aromatic heterocycles. The molecule has 1 fully saturated rings. The van der Waals surface area contributed by atoms with Gasteiger partial charge in [-0.05, 0) is 39.0 Å². The molecule has 0 bridgehead atoms. The minimum Gasteiger partial charge on any atom is -0.496 e. The largest absolute Gasteiger partial charge is 0.496 e. The molecule has 176 valence electrons. The molecular formula is C22H24F3N5O3. The average molecular weight is 463 g/mol. The van der Waals surface area contributed by atoms with Crippen molar-refractivity contribution in [1.29, 1.82) is 5.26 Å². The van der Waals surface area contributed by atoms with E-state index in [4.69, 9.17) is 9.47 Å². The molecule has 1 aliphatic heterocycles. The molecule has 1 aromatic carbocycles. The van der Waals surface area contributed by atoms with Crippen molar-refractivity contribution in [3.05, 3.63) is 35.7 Å². The molecule has 2 heterocycles. The topological polar surface area (TPSA) is 91.6 Å². The third-order valence-electron chi connectivity index (χ3n) is 4.87. The summed E-state index contributed by atoms with van der Waals surface area (Å²) in [5.74, 6) is -0.0782. The molecule has 11 heteroatoms. The fourth-order valence-corrected chi connectivity index (χ4v) is 3.33. The first-order chi connectivity index (χ1) is 15.4. The minimum atomic E-state index is -4.62. The number of amides is 1. The van der Waals surface area contributed by atoms with E-state index < -0.39 is 23.4 Å². The van der Waals surface area contributed by atoms with Crippen LogP contribution in [-0.2, 0) is 10.9 Å². The van der Waals surface area contributed by atoms with Crippen LogP contribution < -0.4 is 9.64 Å². The Morgan fingerprint density at radius 1 is 1.09 bits per heavy atom. The fourth-order valence-electron chi connectivity index (χ4n) is 3.33. The Labute approximate surface area is 189 Å². The van der Waals surface area contributed by atoms with Gasteiger partial charge in [0.25, 0.3) is 0 Å². The van der Waals surface area contributed by atoms with Crippen LogP contribution in [0.1, 0.15) is 32.2 Å². The van der Waals surface area contributed by atoms with Crippen LogP contribution in [-0.4, -0.2) is 59.9 Å². The lowest BCUT2D eigenvalue weighted by Crippen LogP contribution is -2.50. The number of nitriles is 1. The zero-order valence-electron chi connectivity index (χ0n) is 18.7. The number of halogens is 3. The Morgan fingerprint density at radius 3 is 2.30 bits per heavy atom. The van der Waals surface area contributed by atoms with E-state index in [-0.39, 0.29) is 22.8 Å². The van der Waals surface area contributed by atoms with Crippen LogP contribution in [0, 0.1) is 11.3 Å². The fraction of sp³-hybridized carbons (Fsp3) is 0.455. The van der Waals surface area contributed by atoms with Gasteiger partial charge in [-0.15, -0.1) is 0 Å². The zero-order chi connectivity index (χ0) is 24.4. The van der Waals surface area contributed by atoms with Crippen molar-refractivity contribution in [2.24, 2.45) is 0 Å². The molecule has 33 heavy (non-hydrogen) atoms. The second-order valence-corrected chi connectivity index (χ2v) is 8.41. The molecule has 8 nitrogen and oxygen atoms in total. The molecule has 0 saturated carbocycles. The van der Waals surface area contributed by atoms with E-state index in [0.29, 0.717) is 32.0 Å². The lowest BCUT2D eigenvalue weighted by atomic mass is 10.1. The van der Waals surface area contributed by atoms with E-state index in [1.807, 2.05) is 11.0 Å². The summed E-state index contributed by atoms with van der Waals surface area (Å²) in [6.45, 7) is 6.94. The number of hydrogen-bond donors (Lipinski definition) is 0. The lowest BCUT2D eigenvalue weighted by Gasteiger charge is -2.36. The van der Waals surface area contributed by atoms with Crippen LogP contribution in [0.25, 0.3) is 11.3 Å². The number of carbonyl (C=O) groups excluding carboxylic acids is 1. The Balaban J connectivity index is 1.86. The van der Waals surface area contributed by atoms with Crippen LogP contribution in [0.5, 0.6) is 5.75 Å². The number of methoxy groups -OCH3 is 1. The molecule has 2 aromatic rings. The molecule has 0 unspecified atom stereocenters. The summed E-state index contributed by atoms with van der Waals surface area (Å²) >= 11 is 0. The monoisotopic (exact) mass is 463 g/mol. The first-order valence-electron chi connectivity index (χ1n) is 10.2. The van der Waals surface area contributed by atoms with Gasteiger partial charge < -0.3 is 19.3 Å². The Morgan fingerprint density at radius 2 is 1.76 bits per heavy atom. The normalized spacial score (nSPS) is 14.6. The van der Waals surface area contributed by atoms with Gasteiger partial charge in [-0.25, -0.2) is 14.8 Å². The third kappa shape index (κ3) is 5.83. The van der Waals surface area contributed by atoms with Gasteiger partial charge in [0.2, 0.25) is 5.82 Å². The number of rotatable bonds is 3. The van der Waals surface area contributed by atoms with E-state index in [1.54, 1.807) is 25.7 Å². The van der Waals surface area contributed by atoms with Crippen molar-refractivity contribution in [3.8, 4) is 23.1 Å². The van der Waals surface area contributed by atoms with E-state index in [1.165, 1.54) is 18.2 Å². The Bertz CT molecular complexity index is 1070. The van der Waals surface area contributed by atoms with Crippen molar-refractivity contribution >= 4 is 11.9 Å². The number of carbonyl (C=O) groups is 1. The molecule has 1 aliphatic rings. The van der Waals surface area contributed by atoms with E-state index in [0.717, 1.165) is 13.2 Å². The molecule has 1 saturated heterocycles. The predicted octanol–water partition coefficient (Wildman–Crippen LogP) is 4.10. The standard InChI is InChI=1S/C22H24F3N5O3/c1-21(2,3)33-20(31)30-9-7-29(8-10-30)19-12-16(27-18(13-26)28-19)14-5-6-17(32-4)15(11-14)22(23,24)25/h5-6,11-12H,7-10H2,1-4H3. The summed E-state index contributed by atoms with van der Waals surface area (Å²) in [7, 11) is 1.16. The Kier molecular flexibility index (Phi) is 6.67. The number of alkyl halides is 3. The lowest BCUT2D eigenvalue weighted by molar-refractivity contribution is -0.138. The second-order valence-electron chi connectivity index (χ2n) is 8.41. The first kappa shape index (κ1) is 24.1. The number of piperazine rings is 1. The Hall–Kier alpha value is -3.55. The van der Waals surface area contributed by atoms with Gasteiger partial charge in [0.15, 0.2) is 0 Å². The highest BCUT2D eigenvalue weighted by molar-refractivity contribution is 5.69. The van der Waals surface area contributed by atoms with E-state index >= 15 is 0 Å². The number of nitrogens with zero attached hydrogens (tertiary/aromatic N) is 5.